The number of nitrogens with one attached hydrogen (secondary N) is 1. The van der Waals surface area contributed by atoms with Gasteiger partial charge >= 0.3 is 6.18 Å². The first-order valence-electron chi connectivity index (χ1n) is 12.8. The smallest absolute Gasteiger partial charge is 0.378 e. The summed E-state index contributed by atoms with van der Waals surface area (Å²) in [6.45, 7) is 7.92. The number of aliphatic hydroxyl groups is 1. The van der Waals surface area contributed by atoms with Crippen LogP contribution in [-0.4, -0.2) is 65.5 Å². The highest BCUT2D eigenvalue weighted by Gasteiger charge is 2.61. The lowest BCUT2D eigenvalue weighted by Gasteiger charge is -2.51. The molecule has 0 aromatic carbocycles. The number of likely N-dealkylation sites (tertiary alicyclic amines) is 1. The number of fused-ring (bicyclic) bond motifs is 2. The van der Waals surface area contributed by atoms with Gasteiger partial charge in [0.15, 0.2) is 11.2 Å². The summed E-state index contributed by atoms with van der Waals surface area (Å²) in [4.78, 5) is 16.0. The molecule has 0 amide bonds. The van der Waals surface area contributed by atoms with Crippen molar-refractivity contribution in [1.82, 2.24) is 29.5 Å². The Bertz CT molecular complexity index is 1470. The number of hydrogen-bond acceptors (Lipinski definition) is 6. The van der Waals surface area contributed by atoms with Crippen molar-refractivity contribution in [2.24, 2.45) is 0 Å². The monoisotopic (exact) mass is 532 g/mol. The third-order valence-corrected chi connectivity index (χ3v) is 9.53. The average Bonchev–Trinajstić information content (AvgIpc) is 3.52. The Kier molecular flexibility index (Phi) is 5.70. The number of β-amino-alcohol motifs (C(OH)–C–C–N with tert-alkyl or cyclic N) is 1. The van der Waals surface area contributed by atoms with Gasteiger partial charge in [-0.25, -0.2) is 14.5 Å². The summed E-state index contributed by atoms with van der Waals surface area (Å²) in [5, 5.41) is 15.2. The predicted octanol–water partition coefficient (Wildman–Crippen LogP) is 5.71. The van der Waals surface area contributed by atoms with Crippen LogP contribution in [0.15, 0.2) is 12.5 Å². The minimum absolute atomic E-state index is 0.0967. The van der Waals surface area contributed by atoms with E-state index in [1.54, 1.807) is 22.6 Å². The van der Waals surface area contributed by atoms with Crippen LogP contribution in [0.5, 0.6) is 0 Å². The molecule has 0 radical (unpaired) electrons. The van der Waals surface area contributed by atoms with Crippen molar-refractivity contribution in [2.75, 3.05) is 13.1 Å². The summed E-state index contributed by atoms with van der Waals surface area (Å²) in [6, 6.07) is 0.0967. The van der Waals surface area contributed by atoms with Gasteiger partial charge in [0.2, 0.25) is 0 Å². The van der Waals surface area contributed by atoms with Gasteiger partial charge in [-0.2, -0.15) is 18.3 Å². The zero-order valence-electron chi connectivity index (χ0n) is 21.4. The van der Waals surface area contributed by atoms with Crippen LogP contribution in [0.25, 0.3) is 27.3 Å². The fourth-order valence-electron chi connectivity index (χ4n) is 6.06. The number of aryl methyl sites for hydroxylation is 1. The molecule has 1 aliphatic carbocycles. The number of pyridine rings is 1. The largest absolute Gasteiger partial charge is 0.419 e. The second-order valence-electron chi connectivity index (χ2n) is 11.1. The highest BCUT2D eigenvalue weighted by Crippen LogP contribution is 2.45. The molecule has 37 heavy (non-hydrogen) atoms. The summed E-state index contributed by atoms with van der Waals surface area (Å²) in [6.07, 6.45) is 2.48. The number of thiazole rings is 1. The molecule has 198 valence electrons. The Morgan fingerprint density at radius 1 is 1.14 bits per heavy atom. The lowest BCUT2D eigenvalue weighted by molar-refractivity contribution is -0.306. The molecule has 1 aliphatic heterocycles. The molecule has 6 rings (SSSR count). The minimum Gasteiger partial charge on any atom is -0.378 e. The molecule has 0 unspecified atom stereocenters. The lowest BCUT2D eigenvalue weighted by Crippen LogP contribution is -2.71. The van der Waals surface area contributed by atoms with Crippen molar-refractivity contribution >= 4 is 27.3 Å². The first kappa shape index (κ1) is 24.8. The molecule has 2 N–H and O–H groups in total. The summed E-state index contributed by atoms with van der Waals surface area (Å²) >= 11 is 1.69. The van der Waals surface area contributed by atoms with Crippen molar-refractivity contribution in [1.29, 1.82) is 0 Å². The van der Waals surface area contributed by atoms with Crippen LogP contribution >= 0.6 is 11.3 Å². The third kappa shape index (κ3) is 3.88. The van der Waals surface area contributed by atoms with E-state index >= 15 is 0 Å². The molecule has 7 nitrogen and oxygen atoms in total. The van der Waals surface area contributed by atoms with Crippen LogP contribution < -0.4 is 0 Å². The Hall–Kier alpha value is -2.50. The molecular formula is C26H31F3N6OS. The molecule has 0 atom stereocenters. The summed E-state index contributed by atoms with van der Waals surface area (Å²) in [7, 11) is 0. The van der Waals surface area contributed by atoms with Crippen molar-refractivity contribution in [3.05, 3.63) is 34.2 Å². The molecule has 0 bridgehead atoms. The van der Waals surface area contributed by atoms with Gasteiger partial charge < -0.3 is 10.1 Å². The Morgan fingerprint density at radius 3 is 2.49 bits per heavy atom. The summed E-state index contributed by atoms with van der Waals surface area (Å²) in [5.41, 5.74) is 4.96. The normalized spacial score (nSPS) is 22.8. The number of halogens is 3. The number of aromatic nitrogens is 5. The van der Waals surface area contributed by atoms with Gasteiger partial charge in [-0.3, -0.25) is 4.90 Å². The van der Waals surface area contributed by atoms with Crippen LogP contribution in [0.2, 0.25) is 0 Å². The highest BCUT2D eigenvalue weighted by molar-refractivity contribution is 7.18. The van der Waals surface area contributed by atoms with Crippen molar-refractivity contribution in [3.8, 4) is 11.3 Å². The number of rotatable bonds is 4. The Labute approximate surface area is 216 Å². The van der Waals surface area contributed by atoms with Crippen molar-refractivity contribution < 1.29 is 18.3 Å². The second-order valence-corrected chi connectivity index (χ2v) is 12.1. The zero-order chi connectivity index (χ0) is 26.3. The van der Waals surface area contributed by atoms with Crippen LogP contribution in [0.1, 0.15) is 73.1 Å². The summed E-state index contributed by atoms with van der Waals surface area (Å²) in [5.74, 6) is 0.572. The average molecular weight is 533 g/mol. The fourth-order valence-corrected chi connectivity index (χ4v) is 7.21. The highest BCUT2D eigenvalue weighted by atomic mass is 32.1. The molecule has 4 aromatic heterocycles. The van der Waals surface area contributed by atoms with E-state index in [9.17, 15) is 18.3 Å². The molecule has 5 heterocycles. The maximum Gasteiger partial charge on any atom is 0.419 e. The zero-order valence-corrected chi connectivity index (χ0v) is 22.2. The topological polar surface area (TPSA) is 82.3 Å². The molecule has 1 saturated carbocycles. The third-order valence-electron chi connectivity index (χ3n) is 8.40. The van der Waals surface area contributed by atoms with Crippen molar-refractivity contribution in [3.63, 3.8) is 0 Å². The lowest BCUT2D eigenvalue weighted by atomic mass is 9.82. The first-order chi connectivity index (χ1) is 17.5. The second kappa shape index (κ2) is 8.51. The maximum absolute atomic E-state index is 13.0. The van der Waals surface area contributed by atoms with Gasteiger partial charge in [0, 0.05) is 42.4 Å². The Morgan fingerprint density at radius 2 is 1.84 bits per heavy atom. The number of H-pyrrole nitrogens is 1. The van der Waals surface area contributed by atoms with Gasteiger partial charge in [-0.05, 0) is 56.6 Å². The maximum atomic E-state index is 13.0. The Balaban J connectivity index is 1.24. The molecule has 1 saturated heterocycles. The van der Waals surface area contributed by atoms with E-state index in [0.29, 0.717) is 5.92 Å². The number of hydrogen-bond donors (Lipinski definition) is 2. The van der Waals surface area contributed by atoms with E-state index in [0.717, 1.165) is 63.5 Å². The van der Waals surface area contributed by atoms with Gasteiger partial charge in [0.05, 0.1) is 10.7 Å². The minimum atomic E-state index is -4.56. The van der Waals surface area contributed by atoms with Crippen molar-refractivity contribution in [2.45, 2.75) is 83.0 Å². The van der Waals surface area contributed by atoms with Gasteiger partial charge in [-0.1, -0.05) is 13.8 Å². The van der Waals surface area contributed by atoms with E-state index in [2.05, 4.69) is 42.8 Å². The van der Waals surface area contributed by atoms with Gasteiger partial charge in [0.25, 0.3) is 0 Å². The molecule has 0 spiro atoms. The SMILES string of the molecule is Cc1c(-c2[nH]c3sc(C4CCC(N5CC(O)(C(F)(F)F)C5)CC4)nc3c2C(C)C)cn2ncnc2c1C. The van der Waals surface area contributed by atoms with Crippen LogP contribution in [0, 0.1) is 13.8 Å². The van der Waals surface area contributed by atoms with E-state index in [1.807, 2.05) is 10.7 Å². The number of alkyl halides is 3. The van der Waals surface area contributed by atoms with E-state index in [4.69, 9.17) is 4.98 Å². The molecule has 2 aliphatic rings. The van der Waals surface area contributed by atoms with Crippen LogP contribution in [-0.2, 0) is 0 Å². The number of nitrogens with zero attached hydrogens (tertiary/aromatic N) is 5. The van der Waals surface area contributed by atoms with E-state index in [1.165, 1.54) is 11.1 Å². The molecule has 4 aromatic rings. The molecule has 11 heteroatoms. The summed E-state index contributed by atoms with van der Waals surface area (Å²) < 4.78 is 40.8. The first-order valence-corrected chi connectivity index (χ1v) is 13.6. The van der Waals surface area contributed by atoms with Gasteiger partial charge in [0.1, 0.15) is 16.7 Å². The molecular weight excluding hydrogens is 501 g/mol. The fraction of sp³-hybridized carbons (Fsp3) is 0.577. The van der Waals surface area contributed by atoms with Crippen LogP contribution in [0.4, 0.5) is 13.2 Å². The van der Waals surface area contributed by atoms with Crippen LogP contribution in [0.3, 0.4) is 0 Å². The standard InChI is InChI=1S/C26H31F3N6OS/c1-13(2)19-20(18-9-35-22(30-12-31-35)15(4)14(18)3)32-24-21(19)33-23(37-24)16-5-7-17(8-6-16)34-10-25(36,11-34)26(27,28)29/h9,12-13,16-17,32,36H,5-8,10-11H2,1-4H3. The molecule has 2 fully saturated rings. The quantitative estimate of drug-likeness (QED) is 0.352. The van der Waals surface area contributed by atoms with Gasteiger partial charge in [-0.15, -0.1) is 11.3 Å². The predicted molar refractivity (Wildman–Crippen MR) is 137 cm³/mol. The van der Waals surface area contributed by atoms with E-state index in [-0.39, 0.29) is 25.0 Å². The van der Waals surface area contributed by atoms with E-state index < -0.39 is 11.8 Å². The number of aromatic amines is 1.